The summed E-state index contributed by atoms with van der Waals surface area (Å²) in [5.74, 6) is -0.490. The number of alkyl halides is 3. The monoisotopic (exact) mass is 491 g/mol. The fourth-order valence-electron chi connectivity index (χ4n) is 2.96. The van der Waals surface area contributed by atoms with E-state index in [1.165, 1.54) is 12.3 Å². The standard InChI is InChI=1S/C21H17ClF3N7O2/c1-11(26)18(33)28-9-12-3-2-4-14(7-12)32-15(8-16(31-32)21(23,24)25)20-30-29-19(34-20)13-5-6-17(22)27-10-13/h2-8,10-11H,9,26H2,1H3,(H,28,33)/t11-/m0/s1. The summed E-state index contributed by atoms with van der Waals surface area (Å²) >= 11 is 5.78. The second kappa shape index (κ2) is 9.23. The second-order valence-electron chi connectivity index (χ2n) is 7.28. The van der Waals surface area contributed by atoms with Crippen LogP contribution in [-0.2, 0) is 17.5 Å². The van der Waals surface area contributed by atoms with Gasteiger partial charge in [0.05, 0.1) is 17.3 Å². The number of amides is 1. The number of halogens is 4. The molecule has 0 fully saturated rings. The minimum absolute atomic E-state index is 0.0489. The maximum atomic E-state index is 13.5. The third-order valence-corrected chi connectivity index (χ3v) is 4.88. The van der Waals surface area contributed by atoms with Crippen molar-refractivity contribution in [2.45, 2.75) is 25.7 Å². The fraction of sp³-hybridized carbons (Fsp3) is 0.190. The van der Waals surface area contributed by atoms with E-state index >= 15 is 0 Å². The third-order valence-electron chi connectivity index (χ3n) is 4.65. The number of pyridine rings is 1. The molecule has 0 saturated heterocycles. The van der Waals surface area contributed by atoms with Crippen molar-refractivity contribution in [1.82, 2.24) is 30.3 Å². The molecule has 3 heterocycles. The number of aromatic nitrogens is 5. The Morgan fingerprint density at radius 2 is 1.97 bits per heavy atom. The number of hydrogen-bond donors (Lipinski definition) is 2. The largest absolute Gasteiger partial charge is 0.435 e. The van der Waals surface area contributed by atoms with Crippen LogP contribution in [0.25, 0.3) is 28.7 Å². The van der Waals surface area contributed by atoms with Crippen LogP contribution < -0.4 is 11.1 Å². The number of nitrogens with two attached hydrogens (primary N) is 1. The summed E-state index contributed by atoms with van der Waals surface area (Å²) in [7, 11) is 0. The first-order chi connectivity index (χ1) is 16.1. The van der Waals surface area contributed by atoms with Crippen LogP contribution in [0.4, 0.5) is 13.2 Å². The molecule has 0 unspecified atom stereocenters. The highest BCUT2D eigenvalue weighted by molar-refractivity contribution is 6.29. The number of nitrogens with one attached hydrogen (secondary N) is 1. The predicted molar refractivity (Wildman–Crippen MR) is 116 cm³/mol. The van der Waals surface area contributed by atoms with Gasteiger partial charge in [-0.25, -0.2) is 9.67 Å². The highest BCUT2D eigenvalue weighted by Gasteiger charge is 2.36. The lowest BCUT2D eigenvalue weighted by Crippen LogP contribution is -2.37. The number of hydrogen-bond acceptors (Lipinski definition) is 7. The lowest BCUT2D eigenvalue weighted by Gasteiger charge is -2.10. The first-order valence-electron chi connectivity index (χ1n) is 9.87. The molecule has 3 aromatic heterocycles. The zero-order valence-electron chi connectivity index (χ0n) is 17.5. The Kier molecular flexibility index (Phi) is 6.35. The Balaban J connectivity index is 1.72. The maximum Gasteiger partial charge on any atom is 0.435 e. The molecule has 0 spiro atoms. The van der Waals surface area contributed by atoms with E-state index in [4.69, 9.17) is 21.8 Å². The van der Waals surface area contributed by atoms with Gasteiger partial charge in [-0.3, -0.25) is 4.79 Å². The zero-order valence-corrected chi connectivity index (χ0v) is 18.3. The number of rotatable bonds is 6. The van der Waals surface area contributed by atoms with Crippen molar-refractivity contribution in [3.8, 4) is 28.7 Å². The molecule has 34 heavy (non-hydrogen) atoms. The van der Waals surface area contributed by atoms with Gasteiger partial charge in [0.2, 0.25) is 11.8 Å². The normalized spacial score (nSPS) is 12.5. The van der Waals surface area contributed by atoms with E-state index in [1.807, 2.05) is 0 Å². The summed E-state index contributed by atoms with van der Waals surface area (Å²) < 4.78 is 47.1. The zero-order chi connectivity index (χ0) is 24.5. The van der Waals surface area contributed by atoms with E-state index in [1.54, 1.807) is 37.3 Å². The fourth-order valence-corrected chi connectivity index (χ4v) is 3.07. The molecule has 1 amide bonds. The van der Waals surface area contributed by atoms with Gasteiger partial charge in [-0.15, -0.1) is 10.2 Å². The number of nitrogens with zero attached hydrogens (tertiary/aromatic N) is 5. The molecule has 13 heteroatoms. The summed E-state index contributed by atoms with van der Waals surface area (Å²) in [6.07, 6.45) is -3.30. The molecule has 3 N–H and O–H groups in total. The van der Waals surface area contributed by atoms with Crippen LogP contribution in [0.5, 0.6) is 0 Å². The first kappa shape index (κ1) is 23.4. The van der Waals surface area contributed by atoms with Gasteiger partial charge >= 0.3 is 6.18 Å². The quantitative estimate of drug-likeness (QED) is 0.395. The predicted octanol–water partition coefficient (Wildman–Crippen LogP) is 3.62. The first-order valence-corrected chi connectivity index (χ1v) is 10.3. The molecule has 4 rings (SSSR count). The van der Waals surface area contributed by atoms with Crippen LogP contribution >= 0.6 is 11.6 Å². The number of benzene rings is 1. The Labute approximate surface area is 195 Å². The van der Waals surface area contributed by atoms with Gasteiger partial charge in [0.15, 0.2) is 5.69 Å². The molecule has 0 bridgehead atoms. The van der Waals surface area contributed by atoms with Crippen LogP contribution in [0.1, 0.15) is 18.2 Å². The van der Waals surface area contributed by atoms with Crippen molar-refractivity contribution in [1.29, 1.82) is 0 Å². The molecular weight excluding hydrogens is 475 g/mol. The van der Waals surface area contributed by atoms with Crippen molar-refractivity contribution < 1.29 is 22.4 Å². The van der Waals surface area contributed by atoms with Gasteiger partial charge in [0.1, 0.15) is 10.8 Å². The SMILES string of the molecule is C[C@H](N)C(=O)NCc1cccc(-n2nc(C(F)(F)F)cc2-c2nnc(-c3ccc(Cl)nc3)o2)c1. The molecular formula is C21H17ClF3N7O2. The number of carbonyl (C=O) groups is 1. The Hall–Kier alpha value is -3.77. The van der Waals surface area contributed by atoms with Crippen LogP contribution in [0, 0.1) is 0 Å². The summed E-state index contributed by atoms with van der Waals surface area (Å²) in [6.45, 7) is 1.67. The van der Waals surface area contributed by atoms with Gasteiger partial charge in [0.25, 0.3) is 5.89 Å². The Morgan fingerprint density at radius 1 is 1.21 bits per heavy atom. The smallest absolute Gasteiger partial charge is 0.415 e. The highest BCUT2D eigenvalue weighted by atomic mass is 35.5. The molecule has 0 aliphatic rings. The second-order valence-corrected chi connectivity index (χ2v) is 7.67. The van der Waals surface area contributed by atoms with E-state index in [0.29, 0.717) is 16.8 Å². The van der Waals surface area contributed by atoms with E-state index < -0.39 is 17.9 Å². The van der Waals surface area contributed by atoms with Gasteiger partial charge in [-0.2, -0.15) is 18.3 Å². The van der Waals surface area contributed by atoms with Crippen LogP contribution in [0.15, 0.2) is 53.1 Å². The maximum absolute atomic E-state index is 13.5. The lowest BCUT2D eigenvalue weighted by atomic mass is 10.2. The summed E-state index contributed by atoms with van der Waals surface area (Å²) in [6, 6.07) is 9.71. The van der Waals surface area contributed by atoms with Crippen molar-refractivity contribution in [2.75, 3.05) is 0 Å². The van der Waals surface area contributed by atoms with Gasteiger partial charge in [0, 0.05) is 18.8 Å². The molecule has 4 aromatic rings. The van der Waals surface area contributed by atoms with Crippen molar-refractivity contribution in [3.05, 3.63) is 65.1 Å². The summed E-state index contributed by atoms with van der Waals surface area (Å²) in [5, 5.41) is 14.4. The average molecular weight is 492 g/mol. The van der Waals surface area contributed by atoms with Crippen LogP contribution in [0.2, 0.25) is 5.15 Å². The molecule has 1 atom stereocenters. The number of carbonyl (C=O) groups excluding carboxylic acids is 1. The third kappa shape index (κ3) is 5.07. The van der Waals surface area contributed by atoms with Crippen molar-refractivity contribution >= 4 is 17.5 Å². The Bertz CT molecular complexity index is 1320. The van der Waals surface area contributed by atoms with E-state index in [2.05, 4.69) is 25.6 Å². The Morgan fingerprint density at radius 3 is 2.65 bits per heavy atom. The topological polar surface area (TPSA) is 125 Å². The minimum atomic E-state index is -4.70. The lowest BCUT2D eigenvalue weighted by molar-refractivity contribution is -0.141. The van der Waals surface area contributed by atoms with E-state index in [-0.39, 0.29) is 35.1 Å². The van der Waals surface area contributed by atoms with Gasteiger partial charge in [-0.05, 0) is 36.8 Å². The van der Waals surface area contributed by atoms with Crippen molar-refractivity contribution in [2.24, 2.45) is 5.73 Å². The molecule has 0 aliphatic heterocycles. The molecule has 0 aliphatic carbocycles. The molecule has 0 saturated carbocycles. The molecule has 9 nitrogen and oxygen atoms in total. The molecule has 0 radical (unpaired) electrons. The van der Waals surface area contributed by atoms with E-state index in [9.17, 15) is 18.0 Å². The highest BCUT2D eigenvalue weighted by Crippen LogP contribution is 2.33. The van der Waals surface area contributed by atoms with Gasteiger partial charge in [-0.1, -0.05) is 23.7 Å². The van der Waals surface area contributed by atoms with Crippen LogP contribution in [-0.4, -0.2) is 36.9 Å². The van der Waals surface area contributed by atoms with Crippen molar-refractivity contribution in [3.63, 3.8) is 0 Å². The summed E-state index contributed by atoms with van der Waals surface area (Å²) in [4.78, 5) is 15.7. The molecule has 176 valence electrons. The van der Waals surface area contributed by atoms with Gasteiger partial charge < -0.3 is 15.5 Å². The van der Waals surface area contributed by atoms with Crippen LogP contribution in [0.3, 0.4) is 0 Å². The minimum Gasteiger partial charge on any atom is -0.415 e. The summed E-state index contributed by atoms with van der Waals surface area (Å²) in [5.41, 5.74) is 5.70. The molecule has 1 aromatic carbocycles. The van der Waals surface area contributed by atoms with E-state index in [0.717, 1.165) is 10.7 Å². The average Bonchev–Trinajstić information content (AvgIpc) is 3.45.